The van der Waals surface area contributed by atoms with E-state index in [9.17, 15) is 9.59 Å². The Morgan fingerprint density at radius 3 is 2.62 bits per heavy atom. The molecule has 8 heteroatoms. The van der Waals surface area contributed by atoms with E-state index >= 15 is 0 Å². The predicted molar refractivity (Wildman–Crippen MR) is 105 cm³/mol. The molecule has 1 heterocycles. The average molecular weight is 401 g/mol. The van der Waals surface area contributed by atoms with Crippen molar-refractivity contribution in [2.45, 2.75) is 13.8 Å². The Balaban J connectivity index is 1.55. The summed E-state index contributed by atoms with van der Waals surface area (Å²) in [6, 6.07) is 9.74. The van der Waals surface area contributed by atoms with Crippen molar-refractivity contribution in [3.8, 4) is 23.0 Å². The monoisotopic (exact) mass is 401 g/mol. The Kier molecular flexibility index (Phi) is 6.43. The fraction of sp³-hybridized carbons (Fsp3) is 0.333. The first-order chi connectivity index (χ1) is 14.0. The van der Waals surface area contributed by atoms with Crippen molar-refractivity contribution in [1.82, 2.24) is 0 Å². The number of hydrogen-bond donors (Lipinski definition) is 1. The molecule has 0 fully saturated rings. The summed E-state index contributed by atoms with van der Waals surface area (Å²) in [6.07, 6.45) is 0. The maximum atomic E-state index is 12.3. The van der Waals surface area contributed by atoms with Crippen molar-refractivity contribution >= 4 is 17.6 Å². The molecule has 0 aliphatic carbocycles. The molecule has 2 aromatic carbocycles. The van der Waals surface area contributed by atoms with E-state index < -0.39 is 18.5 Å². The second kappa shape index (κ2) is 9.18. The van der Waals surface area contributed by atoms with Gasteiger partial charge in [-0.25, -0.2) is 4.79 Å². The molecule has 154 valence electrons. The summed E-state index contributed by atoms with van der Waals surface area (Å²) < 4.78 is 26.5. The zero-order valence-electron chi connectivity index (χ0n) is 16.5. The summed E-state index contributed by atoms with van der Waals surface area (Å²) >= 11 is 0. The van der Waals surface area contributed by atoms with E-state index in [1.807, 2.05) is 13.8 Å². The first-order valence-corrected chi connectivity index (χ1v) is 9.13. The smallest absolute Gasteiger partial charge is 0.338 e. The molecule has 0 saturated carbocycles. The number of carbonyl (C=O) groups is 2. The molecular formula is C21H23NO7. The molecule has 1 amide bonds. The fourth-order valence-corrected chi connectivity index (χ4v) is 2.56. The Hall–Kier alpha value is -3.42. The molecule has 1 N–H and O–H groups in total. The van der Waals surface area contributed by atoms with Gasteiger partial charge in [0, 0.05) is 11.8 Å². The summed E-state index contributed by atoms with van der Waals surface area (Å²) in [5.74, 6) is 1.37. The number of carbonyl (C=O) groups excluding carboxylic acids is 2. The van der Waals surface area contributed by atoms with Crippen LogP contribution in [-0.4, -0.2) is 39.0 Å². The second-order valence-corrected chi connectivity index (χ2v) is 6.76. The van der Waals surface area contributed by atoms with Crippen LogP contribution in [0.15, 0.2) is 36.4 Å². The van der Waals surface area contributed by atoms with Gasteiger partial charge < -0.3 is 29.0 Å². The van der Waals surface area contributed by atoms with E-state index in [2.05, 4.69) is 5.32 Å². The zero-order valence-corrected chi connectivity index (χ0v) is 16.5. The highest BCUT2D eigenvalue weighted by Gasteiger charge is 2.16. The lowest BCUT2D eigenvalue weighted by Gasteiger charge is -2.13. The van der Waals surface area contributed by atoms with Crippen molar-refractivity contribution in [1.29, 1.82) is 0 Å². The van der Waals surface area contributed by atoms with Crippen LogP contribution in [0.2, 0.25) is 0 Å². The lowest BCUT2D eigenvalue weighted by Crippen LogP contribution is -2.21. The summed E-state index contributed by atoms with van der Waals surface area (Å²) in [7, 11) is 1.49. The SMILES string of the molecule is COc1cc(C(=O)OCC(=O)Nc2ccc3c(c2)OCO3)ccc1OCC(C)C. The van der Waals surface area contributed by atoms with E-state index in [0.717, 1.165) is 0 Å². The molecule has 0 aromatic heterocycles. The van der Waals surface area contributed by atoms with Gasteiger partial charge in [-0.2, -0.15) is 0 Å². The summed E-state index contributed by atoms with van der Waals surface area (Å²) in [6.45, 7) is 4.32. The maximum Gasteiger partial charge on any atom is 0.338 e. The predicted octanol–water partition coefficient (Wildman–Crippen LogP) is 3.25. The number of anilines is 1. The summed E-state index contributed by atoms with van der Waals surface area (Å²) in [5.41, 5.74) is 0.776. The number of hydrogen-bond acceptors (Lipinski definition) is 7. The molecule has 8 nitrogen and oxygen atoms in total. The second-order valence-electron chi connectivity index (χ2n) is 6.76. The fourth-order valence-electron chi connectivity index (χ4n) is 2.56. The molecule has 3 rings (SSSR count). The normalized spacial score (nSPS) is 11.9. The van der Waals surface area contributed by atoms with Crippen LogP contribution < -0.4 is 24.3 Å². The third-order valence-electron chi connectivity index (χ3n) is 3.96. The molecule has 0 radical (unpaired) electrons. The van der Waals surface area contributed by atoms with E-state index in [-0.39, 0.29) is 12.4 Å². The van der Waals surface area contributed by atoms with Crippen LogP contribution in [0.1, 0.15) is 24.2 Å². The molecule has 0 saturated heterocycles. The minimum Gasteiger partial charge on any atom is -0.493 e. The summed E-state index contributed by atoms with van der Waals surface area (Å²) in [4.78, 5) is 24.3. The number of rotatable bonds is 8. The van der Waals surface area contributed by atoms with E-state index in [1.54, 1.807) is 30.3 Å². The highest BCUT2D eigenvalue weighted by atomic mass is 16.7. The van der Waals surface area contributed by atoms with E-state index in [0.29, 0.717) is 41.2 Å². The van der Waals surface area contributed by atoms with Crippen molar-refractivity contribution in [3.63, 3.8) is 0 Å². The van der Waals surface area contributed by atoms with E-state index in [1.165, 1.54) is 13.2 Å². The van der Waals surface area contributed by atoms with E-state index in [4.69, 9.17) is 23.7 Å². The van der Waals surface area contributed by atoms with Gasteiger partial charge in [-0.3, -0.25) is 4.79 Å². The minimum atomic E-state index is -0.639. The maximum absolute atomic E-state index is 12.3. The van der Waals surface area contributed by atoms with Crippen LogP contribution in [0.3, 0.4) is 0 Å². The molecular weight excluding hydrogens is 378 g/mol. The first kappa shape index (κ1) is 20.3. The quantitative estimate of drug-likeness (QED) is 0.679. The number of fused-ring (bicyclic) bond motifs is 1. The Morgan fingerprint density at radius 1 is 1.07 bits per heavy atom. The molecule has 0 unspecified atom stereocenters. The summed E-state index contributed by atoms with van der Waals surface area (Å²) in [5, 5.41) is 2.64. The van der Waals surface area contributed by atoms with Crippen LogP contribution in [0.25, 0.3) is 0 Å². The number of nitrogens with one attached hydrogen (secondary N) is 1. The van der Waals surface area contributed by atoms with Gasteiger partial charge in [0.1, 0.15) is 0 Å². The van der Waals surface area contributed by atoms with Gasteiger partial charge in [-0.1, -0.05) is 13.8 Å². The molecule has 0 atom stereocenters. The Labute approximate surface area is 168 Å². The number of ether oxygens (including phenoxy) is 5. The number of esters is 1. The topological polar surface area (TPSA) is 92.3 Å². The van der Waals surface area contributed by atoms with Gasteiger partial charge in [0.2, 0.25) is 6.79 Å². The largest absolute Gasteiger partial charge is 0.493 e. The third kappa shape index (κ3) is 5.31. The van der Waals surface area contributed by atoms with Crippen LogP contribution in [-0.2, 0) is 9.53 Å². The lowest BCUT2D eigenvalue weighted by atomic mass is 10.2. The Morgan fingerprint density at radius 2 is 1.86 bits per heavy atom. The van der Waals surface area contributed by atoms with Gasteiger partial charge in [0.25, 0.3) is 5.91 Å². The highest BCUT2D eigenvalue weighted by molar-refractivity contribution is 5.96. The van der Waals surface area contributed by atoms with Gasteiger partial charge >= 0.3 is 5.97 Å². The van der Waals surface area contributed by atoms with Gasteiger partial charge in [0.15, 0.2) is 29.6 Å². The molecule has 2 aromatic rings. The molecule has 0 spiro atoms. The number of methoxy groups -OCH3 is 1. The van der Waals surface area contributed by atoms with Gasteiger partial charge in [-0.05, 0) is 36.2 Å². The molecule has 1 aliphatic rings. The number of amides is 1. The van der Waals surface area contributed by atoms with Crippen LogP contribution >= 0.6 is 0 Å². The third-order valence-corrected chi connectivity index (χ3v) is 3.96. The standard InChI is InChI=1S/C21H23NO7/c1-13(2)10-26-16-6-4-14(8-18(16)25-3)21(24)27-11-20(23)22-15-5-7-17-19(9-15)29-12-28-17/h4-9,13H,10-12H2,1-3H3,(H,22,23). The van der Waals surface area contributed by atoms with Crippen LogP contribution in [0.4, 0.5) is 5.69 Å². The van der Waals surface area contributed by atoms with Crippen LogP contribution in [0, 0.1) is 5.92 Å². The van der Waals surface area contributed by atoms with Crippen molar-refractivity contribution < 1.29 is 33.3 Å². The van der Waals surface area contributed by atoms with Gasteiger partial charge in [0.05, 0.1) is 19.3 Å². The van der Waals surface area contributed by atoms with Crippen molar-refractivity contribution in [2.24, 2.45) is 5.92 Å². The lowest BCUT2D eigenvalue weighted by molar-refractivity contribution is -0.119. The van der Waals surface area contributed by atoms with Crippen LogP contribution in [0.5, 0.6) is 23.0 Å². The molecule has 0 bridgehead atoms. The molecule has 29 heavy (non-hydrogen) atoms. The highest BCUT2D eigenvalue weighted by Crippen LogP contribution is 2.34. The van der Waals surface area contributed by atoms with Gasteiger partial charge in [-0.15, -0.1) is 0 Å². The Bertz CT molecular complexity index is 895. The van der Waals surface area contributed by atoms with Crippen molar-refractivity contribution in [2.75, 3.05) is 32.4 Å². The average Bonchev–Trinajstić information content (AvgIpc) is 3.18. The number of benzene rings is 2. The zero-order chi connectivity index (χ0) is 20.8. The van der Waals surface area contributed by atoms with Crippen molar-refractivity contribution in [3.05, 3.63) is 42.0 Å². The minimum absolute atomic E-state index is 0.148. The molecule has 1 aliphatic heterocycles. The first-order valence-electron chi connectivity index (χ1n) is 9.13.